The molecule has 1 saturated heterocycles. The highest BCUT2D eigenvalue weighted by Crippen LogP contribution is 2.17. The number of amides is 1. The van der Waals surface area contributed by atoms with E-state index in [0.717, 1.165) is 35.3 Å². The number of hydroxylamine groups is 1. The van der Waals surface area contributed by atoms with Crippen molar-refractivity contribution >= 4 is 22.0 Å². The number of hydrogen-bond donors (Lipinski definition) is 2. The Balaban J connectivity index is 1.30. The van der Waals surface area contributed by atoms with Crippen molar-refractivity contribution in [3.8, 4) is 0 Å². The maximum atomic E-state index is 13.0. The van der Waals surface area contributed by atoms with Gasteiger partial charge in [0.1, 0.15) is 0 Å². The molecule has 3 aromatic rings. The highest BCUT2D eigenvalue weighted by atomic mass is 32.2. The van der Waals surface area contributed by atoms with Gasteiger partial charge < -0.3 is 10.1 Å². The molecule has 8 nitrogen and oxygen atoms in total. The van der Waals surface area contributed by atoms with Gasteiger partial charge >= 0.3 is 0 Å². The van der Waals surface area contributed by atoms with Crippen LogP contribution in [0.1, 0.15) is 36.0 Å². The van der Waals surface area contributed by atoms with E-state index in [1.54, 1.807) is 30.3 Å². The second kappa shape index (κ2) is 11.9. The maximum absolute atomic E-state index is 13.0. The molecule has 2 aromatic carbocycles. The van der Waals surface area contributed by atoms with Crippen molar-refractivity contribution < 1.29 is 22.8 Å². The number of nitrogens with zero attached hydrogens (tertiary/aromatic N) is 1. The zero-order valence-corrected chi connectivity index (χ0v) is 20.1. The Morgan fingerprint density at radius 1 is 1.03 bits per heavy atom. The predicted molar refractivity (Wildman–Crippen MR) is 132 cm³/mol. The minimum atomic E-state index is -3.74. The monoisotopic (exact) mass is 495 g/mol. The molecular weight excluding hydrogens is 466 g/mol. The van der Waals surface area contributed by atoms with Crippen molar-refractivity contribution in [2.24, 2.45) is 0 Å². The summed E-state index contributed by atoms with van der Waals surface area (Å²) in [5.41, 5.74) is 5.08. The first kappa shape index (κ1) is 24.9. The van der Waals surface area contributed by atoms with Gasteiger partial charge in [0.2, 0.25) is 0 Å². The van der Waals surface area contributed by atoms with Crippen molar-refractivity contribution in [1.29, 1.82) is 0 Å². The minimum Gasteiger partial charge on any atom is -0.350 e. The summed E-state index contributed by atoms with van der Waals surface area (Å²) in [4.78, 5) is 17.4. The number of aromatic nitrogens is 1. The van der Waals surface area contributed by atoms with Gasteiger partial charge in [-0.3, -0.25) is 4.79 Å². The van der Waals surface area contributed by atoms with Crippen molar-refractivity contribution in [2.75, 3.05) is 6.61 Å². The first-order chi connectivity index (χ1) is 17.0. The molecule has 184 valence electrons. The van der Waals surface area contributed by atoms with E-state index in [0.29, 0.717) is 18.7 Å². The van der Waals surface area contributed by atoms with E-state index in [2.05, 4.69) is 22.9 Å². The number of benzene rings is 2. The number of carbonyl (C=O) groups excluding carboxylic acids is 1. The fourth-order valence-electron chi connectivity index (χ4n) is 3.62. The summed E-state index contributed by atoms with van der Waals surface area (Å²) < 4.78 is 32.5. The lowest BCUT2D eigenvalue weighted by atomic mass is 10.2. The Morgan fingerprint density at radius 3 is 2.49 bits per heavy atom. The molecule has 0 radical (unpaired) electrons. The molecule has 4 rings (SSSR count). The second-order valence-corrected chi connectivity index (χ2v) is 10.1. The molecule has 1 unspecified atom stereocenters. The normalized spacial score (nSPS) is 16.4. The third kappa shape index (κ3) is 7.12. The summed E-state index contributed by atoms with van der Waals surface area (Å²) in [5, 5.41) is 3.35. The Labute approximate surface area is 205 Å². The van der Waals surface area contributed by atoms with Crippen molar-refractivity contribution in [3.63, 3.8) is 0 Å². The van der Waals surface area contributed by atoms with Crippen LogP contribution in [-0.4, -0.2) is 31.2 Å². The molecule has 9 heteroatoms. The van der Waals surface area contributed by atoms with Gasteiger partial charge in [-0.2, -0.15) is 0 Å². The molecule has 0 saturated carbocycles. The van der Waals surface area contributed by atoms with Gasteiger partial charge in [0.15, 0.2) is 6.29 Å². The van der Waals surface area contributed by atoms with Gasteiger partial charge in [0, 0.05) is 44.6 Å². The average Bonchev–Trinajstić information content (AvgIpc) is 3.38. The van der Waals surface area contributed by atoms with E-state index in [1.807, 2.05) is 18.2 Å². The summed E-state index contributed by atoms with van der Waals surface area (Å²) in [6.45, 7) is 1.98. The number of hydrogen-bond acceptors (Lipinski definition) is 6. The number of carbonyl (C=O) groups is 1. The first-order valence-electron chi connectivity index (χ1n) is 11.5. The van der Waals surface area contributed by atoms with Gasteiger partial charge in [0.25, 0.3) is 15.9 Å². The fraction of sp³-hybridized carbons (Fsp3) is 0.269. The molecule has 1 fully saturated rings. The van der Waals surface area contributed by atoms with Gasteiger partial charge in [-0.15, -0.1) is 0 Å². The lowest BCUT2D eigenvalue weighted by molar-refractivity contribution is -0.198. The molecule has 1 atom stereocenters. The summed E-state index contributed by atoms with van der Waals surface area (Å²) in [5.74, 6) is -0.453. The largest absolute Gasteiger partial charge is 0.350 e. The molecule has 0 spiro atoms. The smallest absolute Gasteiger partial charge is 0.267 e. The minimum absolute atomic E-state index is 0.189. The third-order valence-electron chi connectivity index (χ3n) is 5.55. The standard InChI is InChI=1S/C26H29N3O5S/c30-25(28-34-26-8-4-5-17-33-26)14-11-23-15-16-29(20-23)35(31,32)24-12-9-22(10-13-24)19-27-18-21-6-2-1-3-7-21/h1-3,6-7,9-16,20,26-27H,4-5,8,17-19H2,(H,28,30). The molecule has 1 aromatic heterocycles. The van der Waals surface area contributed by atoms with Crippen LogP contribution >= 0.6 is 0 Å². The van der Waals surface area contributed by atoms with Crippen LogP contribution in [0.5, 0.6) is 0 Å². The molecule has 0 aliphatic carbocycles. The average molecular weight is 496 g/mol. The van der Waals surface area contributed by atoms with Gasteiger partial charge in [-0.1, -0.05) is 42.5 Å². The molecule has 1 aliphatic rings. The zero-order chi connectivity index (χ0) is 24.5. The summed E-state index contributed by atoms with van der Waals surface area (Å²) >= 11 is 0. The maximum Gasteiger partial charge on any atom is 0.267 e. The van der Waals surface area contributed by atoms with Crippen molar-refractivity contribution in [2.45, 2.75) is 43.5 Å². The van der Waals surface area contributed by atoms with Crippen LogP contribution in [0.2, 0.25) is 0 Å². The predicted octanol–water partition coefficient (Wildman–Crippen LogP) is 3.60. The summed E-state index contributed by atoms with van der Waals surface area (Å²) in [6, 6.07) is 18.5. The molecule has 2 heterocycles. The van der Waals surface area contributed by atoms with Crippen molar-refractivity contribution in [3.05, 3.63) is 95.8 Å². The quantitative estimate of drug-likeness (QED) is 0.329. The molecule has 2 N–H and O–H groups in total. The van der Waals surface area contributed by atoms with Crippen LogP contribution in [0.25, 0.3) is 6.08 Å². The molecule has 1 aliphatic heterocycles. The Kier molecular flexibility index (Phi) is 8.49. The van der Waals surface area contributed by atoms with Crippen LogP contribution in [0, 0.1) is 0 Å². The van der Waals surface area contributed by atoms with Crippen molar-refractivity contribution in [1.82, 2.24) is 14.8 Å². The molecular formula is C26H29N3O5S. The first-order valence-corrected chi connectivity index (χ1v) is 13.0. The van der Waals surface area contributed by atoms with Gasteiger partial charge in [0.05, 0.1) is 4.90 Å². The van der Waals surface area contributed by atoms with E-state index in [4.69, 9.17) is 9.57 Å². The lowest BCUT2D eigenvalue weighted by Crippen LogP contribution is -2.32. The Hall–Kier alpha value is -3.24. The van der Waals surface area contributed by atoms with Gasteiger partial charge in [-0.05, 0) is 53.8 Å². The van der Waals surface area contributed by atoms with E-state index >= 15 is 0 Å². The summed E-state index contributed by atoms with van der Waals surface area (Å²) in [6.07, 6.45) is 8.00. The van der Waals surface area contributed by atoms with E-state index in [1.165, 1.54) is 30.1 Å². The lowest BCUT2D eigenvalue weighted by Gasteiger charge is -2.21. The number of rotatable bonds is 10. The third-order valence-corrected chi connectivity index (χ3v) is 7.20. The summed E-state index contributed by atoms with van der Waals surface area (Å²) in [7, 11) is -3.74. The Morgan fingerprint density at radius 2 is 1.77 bits per heavy atom. The highest BCUT2D eigenvalue weighted by molar-refractivity contribution is 7.90. The highest BCUT2D eigenvalue weighted by Gasteiger charge is 2.17. The SMILES string of the molecule is O=C(C=Cc1ccn(S(=O)(=O)c2ccc(CNCc3ccccc3)cc2)c1)NOC1CCCCO1. The van der Waals surface area contributed by atoms with E-state index in [9.17, 15) is 13.2 Å². The van der Waals surface area contributed by atoms with Crippen LogP contribution in [0.4, 0.5) is 0 Å². The Bertz CT molecular complexity index is 1230. The molecule has 1 amide bonds. The van der Waals surface area contributed by atoms with Crippen LogP contribution in [0.15, 0.2) is 84.0 Å². The number of nitrogens with one attached hydrogen (secondary N) is 2. The van der Waals surface area contributed by atoms with E-state index in [-0.39, 0.29) is 4.90 Å². The number of ether oxygens (including phenoxy) is 1. The van der Waals surface area contributed by atoms with Crippen LogP contribution in [-0.2, 0) is 37.5 Å². The van der Waals surface area contributed by atoms with Gasteiger partial charge in [-0.25, -0.2) is 22.7 Å². The molecule has 35 heavy (non-hydrogen) atoms. The van der Waals surface area contributed by atoms with E-state index < -0.39 is 22.2 Å². The second-order valence-electron chi connectivity index (χ2n) is 8.23. The van der Waals surface area contributed by atoms with Crippen LogP contribution in [0.3, 0.4) is 0 Å². The zero-order valence-electron chi connectivity index (χ0n) is 19.3. The molecule has 0 bridgehead atoms. The van der Waals surface area contributed by atoms with Crippen LogP contribution < -0.4 is 10.8 Å². The topological polar surface area (TPSA) is 98.7 Å². The fourth-order valence-corrected chi connectivity index (χ4v) is 4.83.